The number of hydrogen-bond acceptors (Lipinski definition) is 5. The molecule has 0 spiro atoms. The van der Waals surface area contributed by atoms with Gasteiger partial charge in [-0.05, 0) is 61.8 Å². The molecule has 2 aromatic rings. The summed E-state index contributed by atoms with van der Waals surface area (Å²) in [5.74, 6) is 3.96. The molecule has 28 heavy (non-hydrogen) atoms. The number of allylic oxidation sites excluding steroid dienone is 2. The van der Waals surface area contributed by atoms with E-state index in [1.165, 1.54) is 24.2 Å². The minimum atomic E-state index is 0.164. The van der Waals surface area contributed by atoms with Crippen LogP contribution in [0.2, 0.25) is 0 Å². The molecule has 2 fully saturated rings. The average molecular weight is 397 g/mol. The number of carbonyl (C=O) groups is 1. The number of carbonyl (C=O) groups excluding carboxylic acids is 1. The van der Waals surface area contributed by atoms with Crippen molar-refractivity contribution in [1.82, 2.24) is 14.9 Å². The van der Waals surface area contributed by atoms with Gasteiger partial charge in [0.1, 0.15) is 17.0 Å². The molecule has 5 rings (SSSR count). The Balaban J connectivity index is 1.37. The summed E-state index contributed by atoms with van der Waals surface area (Å²) in [5, 5.41) is 4.62. The van der Waals surface area contributed by atoms with Crippen LogP contribution in [-0.2, 0) is 0 Å². The van der Waals surface area contributed by atoms with Gasteiger partial charge in [-0.3, -0.25) is 4.79 Å². The molecule has 1 saturated carbocycles. The van der Waals surface area contributed by atoms with Crippen LogP contribution < -0.4 is 5.32 Å². The van der Waals surface area contributed by atoms with Crippen LogP contribution in [0.4, 0.5) is 5.82 Å². The number of piperidine rings is 1. The van der Waals surface area contributed by atoms with Crippen molar-refractivity contribution in [1.29, 1.82) is 0 Å². The van der Waals surface area contributed by atoms with Crippen molar-refractivity contribution in [3.8, 4) is 0 Å². The summed E-state index contributed by atoms with van der Waals surface area (Å²) >= 11 is 1.52. The van der Waals surface area contributed by atoms with Crippen LogP contribution in [-0.4, -0.2) is 40.4 Å². The van der Waals surface area contributed by atoms with Crippen LogP contribution in [0, 0.1) is 30.6 Å². The fourth-order valence-corrected chi connectivity index (χ4v) is 6.24. The molecule has 0 unspecified atom stereocenters. The van der Waals surface area contributed by atoms with Gasteiger partial charge in [0.25, 0.3) is 5.91 Å². The molecule has 0 aromatic carbocycles. The smallest absolute Gasteiger partial charge is 0.264 e. The Morgan fingerprint density at radius 1 is 1.25 bits per heavy atom. The average Bonchev–Trinajstić information content (AvgIpc) is 3.41. The Bertz CT molecular complexity index is 928. The summed E-state index contributed by atoms with van der Waals surface area (Å²) in [6.07, 6.45) is 11.2. The zero-order chi connectivity index (χ0) is 19.3. The lowest BCUT2D eigenvalue weighted by molar-refractivity contribution is 0.0701. The van der Waals surface area contributed by atoms with Gasteiger partial charge in [0, 0.05) is 19.6 Å². The van der Waals surface area contributed by atoms with Crippen LogP contribution in [0.15, 0.2) is 18.5 Å². The lowest BCUT2D eigenvalue weighted by Crippen LogP contribution is -2.37. The highest BCUT2D eigenvalue weighted by atomic mass is 32.1. The molecular formula is C22H28N4OS. The van der Waals surface area contributed by atoms with Gasteiger partial charge in [0.15, 0.2) is 0 Å². The van der Waals surface area contributed by atoms with E-state index in [-0.39, 0.29) is 5.91 Å². The first kappa shape index (κ1) is 18.1. The summed E-state index contributed by atoms with van der Waals surface area (Å²) in [4.78, 5) is 25.9. The van der Waals surface area contributed by atoms with Crippen molar-refractivity contribution in [3.05, 3.63) is 28.9 Å². The standard InChI is InChI=1S/C22H28N4OS/c1-13-5-7-26(8-6-13)22(27)19-14(2)18-20(24-12-25-21(18)28-19)23-11-17-10-15-3-4-16(17)9-15/h3-4,12-13,15-17H,5-11H2,1-2H3,(H,23,24,25)/t15-,16+,17-/m1/s1. The van der Waals surface area contributed by atoms with Gasteiger partial charge in [-0.2, -0.15) is 0 Å². The van der Waals surface area contributed by atoms with Gasteiger partial charge in [-0.1, -0.05) is 19.1 Å². The lowest BCUT2D eigenvalue weighted by Gasteiger charge is -2.30. The largest absolute Gasteiger partial charge is 0.369 e. The molecule has 0 radical (unpaired) electrons. The quantitative estimate of drug-likeness (QED) is 0.773. The maximum atomic E-state index is 13.1. The number of aryl methyl sites for hydroxylation is 1. The van der Waals surface area contributed by atoms with E-state index in [9.17, 15) is 4.79 Å². The fraction of sp³-hybridized carbons (Fsp3) is 0.591. The Labute approximate surface area is 170 Å². The topological polar surface area (TPSA) is 58.1 Å². The second kappa shape index (κ2) is 7.14. The molecule has 2 bridgehead atoms. The Morgan fingerprint density at radius 2 is 2.07 bits per heavy atom. The van der Waals surface area contributed by atoms with E-state index in [0.717, 1.165) is 76.7 Å². The highest BCUT2D eigenvalue weighted by Crippen LogP contribution is 2.43. The lowest BCUT2D eigenvalue weighted by atomic mass is 9.93. The van der Waals surface area contributed by atoms with Gasteiger partial charge >= 0.3 is 0 Å². The number of aromatic nitrogens is 2. The van der Waals surface area contributed by atoms with Crippen molar-refractivity contribution in [3.63, 3.8) is 0 Å². The third-order valence-electron chi connectivity index (χ3n) is 6.94. The molecule has 3 atom stereocenters. The molecule has 6 heteroatoms. The number of likely N-dealkylation sites (tertiary alicyclic amines) is 1. The fourth-order valence-electron chi connectivity index (χ4n) is 5.12. The highest BCUT2D eigenvalue weighted by Gasteiger charge is 2.35. The monoisotopic (exact) mass is 396 g/mol. The maximum absolute atomic E-state index is 13.1. The summed E-state index contributed by atoms with van der Waals surface area (Å²) in [6, 6.07) is 0. The number of rotatable bonds is 4. The van der Waals surface area contributed by atoms with Crippen molar-refractivity contribution in [2.24, 2.45) is 23.7 Å². The van der Waals surface area contributed by atoms with E-state index in [2.05, 4.69) is 34.4 Å². The Morgan fingerprint density at radius 3 is 2.79 bits per heavy atom. The normalized spacial score (nSPS) is 27.1. The third-order valence-corrected chi connectivity index (χ3v) is 8.13. The Kier molecular flexibility index (Phi) is 4.62. The predicted molar refractivity (Wildman–Crippen MR) is 114 cm³/mol. The van der Waals surface area contributed by atoms with E-state index >= 15 is 0 Å². The first-order valence-corrected chi connectivity index (χ1v) is 11.4. The molecule has 1 N–H and O–H groups in total. The second-order valence-corrected chi connectivity index (χ2v) is 9.85. The van der Waals surface area contributed by atoms with E-state index in [0.29, 0.717) is 5.92 Å². The molecule has 1 aliphatic heterocycles. The van der Waals surface area contributed by atoms with E-state index in [4.69, 9.17) is 0 Å². The van der Waals surface area contributed by atoms with E-state index < -0.39 is 0 Å². The summed E-state index contributed by atoms with van der Waals surface area (Å²) in [6.45, 7) is 6.99. The van der Waals surface area contributed by atoms with E-state index in [1.54, 1.807) is 6.33 Å². The van der Waals surface area contributed by atoms with Crippen LogP contribution in [0.1, 0.15) is 47.8 Å². The SMILES string of the molecule is Cc1c(C(=O)N2CCC(C)CC2)sc2ncnc(NC[C@H]3C[C@@H]4C=C[C@H]3C4)c12. The first-order valence-electron chi connectivity index (χ1n) is 10.6. The number of fused-ring (bicyclic) bond motifs is 3. The van der Waals surface area contributed by atoms with Crippen LogP contribution >= 0.6 is 11.3 Å². The van der Waals surface area contributed by atoms with Crippen molar-refractivity contribution in [2.75, 3.05) is 25.0 Å². The summed E-state index contributed by atoms with van der Waals surface area (Å²) in [7, 11) is 0. The minimum absolute atomic E-state index is 0.164. The number of hydrogen-bond donors (Lipinski definition) is 1. The molecule has 1 amide bonds. The zero-order valence-corrected chi connectivity index (χ0v) is 17.5. The summed E-state index contributed by atoms with van der Waals surface area (Å²) in [5.41, 5.74) is 1.03. The molecule has 148 valence electrons. The molecule has 2 aromatic heterocycles. The van der Waals surface area contributed by atoms with Crippen LogP contribution in [0.5, 0.6) is 0 Å². The van der Waals surface area contributed by atoms with Gasteiger partial charge < -0.3 is 10.2 Å². The van der Waals surface area contributed by atoms with Gasteiger partial charge in [-0.25, -0.2) is 9.97 Å². The van der Waals surface area contributed by atoms with Gasteiger partial charge in [0.05, 0.1) is 10.3 Å². The molecule has 2 aliphatic carbocycles. The molecule has 3 heterocycles. The number of nitrogens with zero attached hydrogens (tertiary/aromatic N) is 3. The van der Waals surface area contributed by atoms with Crippen molar-refractivity contribution < 1.29 is 4.79 Å². The number of nitrogens with one attached hydrogen (secondary N) is 1. The number of anilines is 1. The number of amides is 1. The zero-order valence-electron chi connectivity index (χ0n) is 16.6. The summed E-state index contributed by atoms with van der Waals surface area (Å²) < 4.78 is 0. The molecule has 5 nitrogen and oxygen atoms in total. The highest BCUT2D eigenvalue weighted by molar-refractivity contribution is 7.20. The predicted octanol–water partition coefficient (Wildman–Crippen LogP) is 4.50. The van der Waals surface area contributed by atoms with E-state index in [1.807, 2.05) is 11.8 Å². The molecule has 1 saturated heterocycles. The van der Waals surface area contributed by atoms with Crippen LogP contribution in [0.25, 0.3) is 10.2 Å². The molecule has 3 aliphatic rings. The first-order chi connectivity index (χ1) is 13.6. The van der Waals surface area contributed by atoms with Crippen LogP contribution in [0.3, 0.4) is 0 Å². The van der Waals surface area contributed by atoms with Crippen molar-refractivity contribution in [2.45, 2.75) is 39.5 Å². The van der Waals surface area contributed by atoms with Crippen molar-refractivity contribution >= 4 is 33.3 Å². The number of thiophene rings is 1. The third kappa shape index (κ3) is 3.11. The molecular weight excluding hydrogens is 368 g/mol. The van der Waals surface area contributed by atoms with Gasteiger partial charge in [0.2, 0.25) is 0 Å². The second-order valence-electron chi connectivity index (χ2n) is 8.85. The Hall–Kier alpha value is -1.95. The maximum Gasteiger partial charge on any atom is 0.264 e. The minimum Gasteiger partial charge on any atom is -0.369 e. The van der Waals surface area contributed by atoms with Gasteiger partial charge in [-0.15, -0.1) is 11.3 Å².